The summed E-state index contributed by atoms with van der Waals surface area (Å²) in [5.74, 6) is 0.102. The van der Waals surface area contributed by atoms with Crippen molar-refractivity contribution in [2.75, 3.05) is 12.3 Å². The lowest BCUT2D eigenvalue weighted by atomic mass is 10.1. The quantitative estimate of drug-likeness (QED) is 0.625. The van der Waals surface area contributed by atoms with Crippen LogP contribution >= 0.6 is 0 Å². The topological polar surface area (TPSA) is 46.3 Å². The zero-order chi connectivity index (χ0) is 12.8. The molecule has 0 saturated heterocycles. The van der Waals surface area contributed by atoms with Crippen LogP contribution in [0.3, 0.4) is 0 Å². The van der Waals surface area contributed by atoms with Gasteiger partial charge in [-0.2, -0.15) is 0 Å². The van der Waals surface area contributed by atoms with Gasteiger partial charge in [-0.1, -0.05) is 18.2 Å². The Bertz CT molecular complexity index is 399. The zero-order valence-electron chi connectivity index (χ0n) is 10.5. The van der Waals surface area contributed by atoms with Crippen LogP contribution in [-0.4, -0.2) is 23.4 Å². The molecule has 17 heavy (non-hydrogen) atoms. The minimum absolute atomic E-state index is 0.102. The highest BCUT2D eigenvalue weighted by atomic mass is 16.2. The number of carbonyl (C=O) groups is 1. The van der Waals surface area contributed by atoms with Crippen LogP contribution in [0.5, 0.6) is 0 Å². The number of nitrogen functional groups attached to an aromatic ring is 1. The van der Waals surface area contributed by atoms with E-state index >= 15 is 0 Å². The van der Waals surface area contributed by atoms with E-state index in [4.69, 9.17) is 5.73 Å². The maximum atomic E-state index is 12.1. The summed E-state index contributed by atoms with van der Waals surface area (Å²) < 4.78 is 0. The average Bonchev–Trinajstić information content (AvgIpc) is 2.25. The third kappa shape index (κ3) is 3.94. The third-order valence-electron chi connectivity index (χ3n) is 2.58. The van der Waals surface area contributed by atoms with Crippen LogP contribution in [0.15, 0.2) is 36.9 Å². The highest BCUT2D eigenvalue weighted by molar-refractivity contribution is 5.79. The van der Waals surface area contributed by atoms with Crippen LogP contribution < -0.4 is 5.73 Å². The summed E-state index contributed by atoms with van der Waals surface area (Å²) in [6, 6.07) is 7.62. The number of nitrogens with zero attached hydrogens (tertiary/aromatic N) is 1. The Labute approximate surface area is 103 Å². The van der Waals surface area contributed by atoms with Gasteiger partial charge >= 0.3 is 0 Å². The Balaban J connectivity index is 2.73. The number of carbonyl (C=O) groups excluding carboxylic acids is 1. The first-order valence-electron chi connectivity index (χ1n) is 5.79. The molecule has 0 fully saturated rings. The standard InChI is InChI=1S/C14H20N2O/c1-4-8-16(11(2)3)14(17)10-12-6-5-7-13(15)9-12/h4-7,9,11H,1,8,10,15H2,2-3H3. The van der Waals surface area contributed by atoms with E-state index in [-0.39, 0.29) is 11.9 Å². The molecule has 0 saturated carbocycles. The number of nitrogens with two attached hydrogens (primary N) is 1. The largest absolute Gasteiger partial charge is 0.399 e. The summed E-state index contributed by atoms with van der Waals surface area (Å²) in [4.78, 5) is 13.9. The summed E-state index contributed by atoms with van der Waals surface area (Å²) in [6.07, 6.45) is 2.13. The predicted molar refractivity (Wildman–Crippen MR) is 71.6 cm³/mol. The van der Waals surface area contributed by atoms with Gasteiger partial charge in [-0.05, 0) is 31.5 Å². The second-order valence-electron chi connectivity index (χ2n) is 4.35. The molecule has 92 valence electrons. The van der Waals surface area contributed by atoms with Crippen molar-refractivity contribution < 1.29 is 4.79 Å². The molecule has 0 aliphatic carbocycles. The van der Waals surface area contributed by atoms with Gasteiger partial charge in [-0.15, -0.1) is 6.58 Å². The maximum absolute atomic E-state index is 12.1. The monoisotopic (exact) mass is 232 g/mol. The van der Waals surface area contributed by atoms with Crippen molar-refractivity contribution in [3.63, 3.8) is 0 Å². The van der Waals surface area contributed by atoms with Crippen molar-refractivity contribution in [3.8, 4) is 0 Å². The minimum atomic E-state index is 0.102. The lowest BCUT2D eigenvalue weighted by Gasteiger charge is -2.25. The summed E-state index contributed by atoms with van der Waals surface area (Å²) in [6.45, 7) is 8.26. The van der Waals surface area contributed by atoms with Gasteiger partial charge in [-0.3, -0.25) is 4.79 Å². The highest BCUT2D eigenvalue weighted by Gasteiger charge is 2.15. The van der Waals surface area contributed by atoms with Crippen LogP contribution in [0, 0.1) is 0 Å². The van der Waals surface area contributed by atoms with Crippen molar-refractivity contribution >= 4 is 11.6 Å². The molecule has 0 spiro atoms. The minimum Gasteiger partial charge on any atom is -0.399 e. The molecular formula is C14H20N2O. The van der Waals surface area contributed by atoms with Crippen LogP contribution in [0.25, 0.3) is 0 Å². The van der Waals surface area contributed by atoms with E-state index in [0.29, 0.717) is 18.7 Å². The molecule has 0 heterocycles. The molecule has 0 atom stereocenters. The number of hydrogen-bond acceptors (Lipinski definition) is 2. The van der Waals surface area contributed by atoms with Gasteiger partial charge in [0.25, 0.3) is 0 Å². The summed E-state index contributed by atoms with van der Waals surface area (Å²) in [7, 11) is 0. The number of benzene rings is 1. The fraction of sp³-hybridized carbons (Fsp3) is 0.357. The lowest BCUT2D eigenvalue weighted by molar-refractivity contribution is -0.131. The zero-order valence-corrected chi connectivity index (χ0v) is 10.5. The Morgan fingerprint density at radius 1 is 1.53 bits per heavy atom. The maximum Gasteiger partial charge on any atom is 0.227 e. The molecule has 0 aliphatic rings. The SMILES string of the molecule is C=CCN(C(=O)Cc1cccc(N)c1)C(C)C. The van der Waals surface area contributed by atoms with Gasteiger partial charge in [0.05, 0.1) is 6.42 Å². The van der Waals surface area contributed by atoms with Crippen LogP contribution in [0.4, 0.5) is 5.69 Å². The fourth-order valence-corrected chi connectivity index (χ4v) is 1.72. The molecular weight excluding hydrogens is 212 g/mol. The smallest absolute Gasteiger partial charge is 0.227 e. The molecule has 1 rings (SSSR count). The Hall–Kier alpha value is -1.77. The highest BCUT2D eigenvalue weighted by Crippen LogP contribution is 2.10. The van der Waals surface area contributed by atoms with Gasteiger partial charge in [-0.25, -0.2) is 0 Å². The Kier molecular flexibility index (Phi) is 4.76. The van der Waals surface area contributed by atoms with Crippen molar-refractivity contribution in [3.05, 3.63) is 42.5 Å². The summed E-state index contributed by atoms with van der Waals surface area (Å²) in [5, 5.41) is 0. The van der Waals surface area contributed by atoms with E-state index in [0.717, 1.165) is 5.56 Å². The number of amides is 1. The summed E-state index contributed by atoms with van der Waals surface area (Å²) >= 11 is 0. The molecule has 0 radical (unpaired) electrons. The lowest BCUT2D eigenvalue weighted by Crippen LogP contribution is -2.38. The van der Waals surface area contributed by atoms with Gasteiger partial charge in [0, 0.05) is 18.3 Å². The first-order chi connectivity index (χ1) is 8.04. The van der Waals surface area contributed by atoms with Crippen LogP contribution in [0.2, 0.25) is 0 Å². The second kappa shape index (κ2) is 6.09. The molecule has 3 heteroatoms. The number of hydrogen-bond donors (Lipinski definition) is 1. The van der Waals surface area contributed by atoms with Gasteiger partial charge < -0.3 is 10.6 Å². The molecule has 0 unspecified atom stereocenters. The first kappa shape index (κ1) is 13.3. The van der Waals surface area contributed by atoms with Crippen LogP contribution in [-0.2, 0) is 11.2 Å². The molecule has 0 bridgehead atoms. The molecule has 3 nitrogen and oxygen atoms in total. The van der Waals surface area contributed by atoms with E-state index < -0.39 is 0 Å². The fourth-order valence-electron chi connectivity index (χ4n) is 1.72. The molecule has 2 N–H and O–H groups in total. The average molecular weight is 232 g/mol. The second-order valence-corrected chi connectivity index (χ2v) is 4.35. The van der Waals surface area contributed by atoms with Gasteiger partial charge in [0.1, 0.15) is 0 Å². The molecule has 1 amide bonds. The van der Waals surface area contributed by atoms with Crippen molar-refractivity contribution in [2.24, 2.45) is 0 Å². The molecule has 1 aromatic carbocycles. The summed E-state index contributed by atoms with van der Waals surface area (Å²) in [5.41, 5.74) is 7.33. The normalized spacial score (nSPS) is 10.3. The van der Waals surface area contributed by atoms with Crippen molar-refractivity contribution in [1.82, 2.24) is 4.90 Å². The Morgan fingerprint density at radius 2 is 2.24 bits per heavy atom. The molecule has 0 aliphatic heterocycles. The molecule has 0 aromatic heterocycles. The van der Waals surface area contributed by atoms with Crippen molar-refractivity contribution in [2.45, 2.75) is 26.3 Å². The predicted octanol–water partition coefficient (Wildman–Crippen LogP) is 2.23. The van der Waals surface area contributed by atoms with Gasteiger partial charge in [0.2, 0.25) is 5.91 Å². The van der Waals surface area contributed by atoms with Crippen LogP contribution in [0.1, 0.15) is 19.4 Å². The van der Waals surface area contributed by atoms with E-state index in [1.807, 2.05) is 38.1 Å². The van der Waals surface area contributed by atoms with E-state index in [1.54, 1.807) is 11.0 Å². The molecule has 1 aromatic rings. The first-order valence-corrected chi connectivity index (χ1v) is 5.79. The van der Waals surface area contributed by atoms with Gasteiger partial charge in [0.15, 0.2) is 0 Å². The van der Waals surface area contributed by atoms with Crippen molar-refractivity contribution in [1.29, 1.82) is 0 Å². The number of anilines is 1. The number of rotatable bonds is 5. The van der Waals surface area contributed by atoms with E-state index in [2.05, 4.69) is 6.58 Å². The third-order valence-corrected chi connectivity index (χ3v) is 2.58. The van der Waals surface area contributed by atoms with E-state index in [9.17, 15) is 4.79 Å². The Morgan fingerprint density at radius 3 is 2.76 bits per heavy atom. The van der Waals surface area contributed by atoms with E-state index in [1.165, 1.54) is 0 Å².